The highest BCUT2D eigenvalue weighted by Gasteiger charge is 2.03. The lowest BCUT2D eigenvalue weighted by Crippen LogP contribution is -2.05. The fraction of sp³-hybridized carbons (Fsp3) is 0.600. The monoisotopic (exact) mass is 168 g/mol. The van der Waals surface area contributed by atoms with E-state index in [9.17, 15) is 0 Å². The molecule has 0 aliphatic carbocycles. The van der Waals surface area contributed by atoms with Crippen molar-refractivity contribution in [2.24, 2.45) is 15.9 Å². The zero-order chi connectivity index (χ0) is 9.98. The highest BCUT2D eigenvalue weighted by Crippen LogP contribution is 2.04. The van der Waals surface area contributed by atoms with Gasteiger partial charge in [-0.25, -0.2) is 9.98 Å². The Labute approximate surface area is 76.1 Å². The van der Waals surface area contributed by atoms with E-state index in [4.69, 9.17) is 0 Å². The van der Waals surface area contributed by atoms with E-state index in [1.807, 2.05) is 13.8 Å². The van der Waals surface area contributed by atoms with E-state index in [0.29, 0.717) is 5.92 Å². The fourth-order valence-electron chi connectivity index (χ4n) is 0.600. The third-order valence-electron chi connectivity index (χ3n) is 1.44. The van der Waals surface area contributed by atoms with Crippen LogP contribution in [0, 0.1) is 5.92 Å². The van der Waals surface area contributed by atoms with Crippen molar-refractivity contribution in [1.82, 2.24) is 0 Å². The first-order chi connectivity index (χ1) is 5.76. The van der Waals surface area contributed by atoms with E-state index in [0.717, 1.165) is 12.3 Å². The summed E-state index contributed by atoms with van der Waals surface area (Å²) in [5.41, 5.74) is 0. The Morgan fingerprint density at radius 2 is 2.00 bits per heavy atom. The minimum Gasteiger partial charge on any atom is -0.249 e. The molecule has 1 atom stereocenters. The van der Waals surface area contributed by atoms with Gasteiger partial charge in [-0.3, -0.25) is 0 Å². The Hall–Kier alpha value is -0.920. The lowest BCUT2D eigenvalue weighted by Gasteiger charge is -2.04. The number of hydrogen-bond donors (Lipinski definition) is 0. The van der Waals surface area contributed by atoms with Crippen molar-refractivity contribution in [3.8, 4) is 0 Å². The average Bonchev–Trinajstić information content (AvgIpc) is 2.16. The van der Waals surface area contributed by atoms with E-state index in [1.54, 1.807) is 0 Å². The van der Waals surface area contributed by atoms with Crippen molar-refractivity contribution in [1.29, 1.82) is 0 Å². The maximum Gasteiger partial charge on any atom is 0.130 e. The molecule has 0 rings (SSSR count). The highest BCUT2D eigenvalue weighted by atomic mass is 14.9. The standard InChI is InChI=1S/C8H14N2.C2H6/c1-5-7(3)8(9-4)10-6-2;1-2/h6-7H,2,4-5H2,1,3H3;1-2H3. The predicted molar refractivity (Wildman–Crippen MR) is 58.0 cm³/mol. The molecule has 0 aromatic rings. The third kappa shape index (κ3) is 5.83. The molecular weight excluding hydrogens is 148 g/mol. The average molecular weight is 168 g/mol. The van der Waals surface area contributed by atoms with Gasteiger partial charge in [-0.1, -0.05) is 34.3 Å². The summed E-state index contributed by atoms with van der Waals surface area (Å²) < 4.78 is 0. The van der Waals surface area contributed by atoms with E-state index >= 15 is 0 Å². The van der Waals surface area contributed by atoms with Gasteiger partial charge >= 0.3 is 0 Å². The number of nitrogens with zero attached hydrogens (tertiary/aromatic N) is 2. The molecule has 2 nitrogen and oxygen atoms in total. The summed E-state index contributed by atoms with van der Waals surface area (Å²) in [5, 5.41) is 0. The van der Waals surface area contributed by atoms with E-state index in [1.165, 1.54) is 6.20 Å². The quantitative estimate of drug-likeness (QED) is 0.456. The molecule has 0 saturated heterocycles. The van der Waals surface area contributed by atoms with Gasteiger partial charge in [-0.05, 0) is 13.1 Å². The Kier molecular flexibility index (Phi) is 11.5. The molecule has 1 unspecified atom stereocenters. The predicted octanol–water partition coefficient (Wildman–Crippen LogP) is 3.30. The molecule has 0 amide bonds. The number of hydrogen-bond acceptors (Lipinski definition) is 1. The maximum atomic E-state index is 3.96. The molecule has 2 heteroatoms. The van der Waals surface area contributed by atoms with Crippen LogP contribution in [0.1, 0.15) is 34.1 Å². The summed E-state index contributed by atoms with van der Waals surface area (Å²) in [5.74, 6) is 1.16. The Morgan fingerprint density at radius 3 is 2.25 bits per heavy atom. The Balaban J connectivity index is 0. The lowest BCUT2D eigenvalue weighted by molar-refractivity contribution is 0.733. The van der Waals surface area contributed by atoms with Crippen molar-refractivity contribution < 1.29 is 0 Å². The van der Waals surface area contributed by atoms with Gasteiger partial charge in [0, 0.05) is 12.1 Å². The van der Waals surface area contributed by atoms with E-state index in [2.05, 4.69) is 37.1 Å². The van der Waals surface area contributed by atoms with Crippen LogP contribution in [0.5, 0.6) is 0 Å². The van der Waals surface area contributed by atoms with Crippen LogP contribution >= 0.6 is 0 Å². The van der Waals surface area contributed by atoms with Crippen LogP contribution < -0.4 is 0 Å². The normalized spacial score (nSPS) is 12.5. The smallest absolute Gasteiger partial charge is 0.130 e. The van der Waals surface area contributed by atoms with Gasteiger partial charge in [-0.15, -0.1) is 0 Å². The van der Waals surface area contributed by atoms with Crippen LogP contribution in [0.4, 0.5) is 0 Å². The summed E-state index contributed by atoms with van der Waals surface area (Å²) in [4.78, 5) is 7.74. The van der Waals surface area contributed by atoms with Gasteiger partial charge in [0.05, 0.1) is 0 Å². The third-order valence-corrected chi connectivity index (χ3v) is 1.44. The molecule has 12 heavy (non-hydrogen) atoms. The summed E-state index contributed by atoms with van der Waals surface area (Å²) in [6.07, 6.45) is 2.53. The number of amidine groups is 1. The van der Waals surface area contributed by atoms with Gasteiger partial charge in [0.25, 0.3) is 0 Å². The zero-order valence-corrected chi connectivity index (χ0v) is 8.67. The minimum absolute atomic E-state index is 0.385. The molecule has 0 aromatic heterocycles. The topological polar surface area (TPSA) is 24.7 Å². The molecule has 0 spiro atoms. The lowest BCUT2D eigenvalue weighted by atomic mass is 10.1. The van der Waals surface area contributed by atoms with Crippen molar-refractivity contribution >= 4 is 12.6 Å². The second-order valence-corrected chi connectivity index (χ2v) is 2.14. The SMILES string of the molecule is C=CN=C(N=C)C(C)CC.CC. The van der Waals surface area contributed by atoms with Crippen LogP contribution in [-0.4, -0.2) is 12.6 Å². The second-order valence-electron chi connectivity index (χ2n) is 2.14. The molecule has 0 saturated carbocycles. The van der Waals surface area contributed by atoms with Gasteiger partial charge in [0.15, 0.2) is 0 Å². The Bertz CT molecular complexity index is 148. The molecule has 0 aliphatic rings. The van der Waals surface area contributed by atoms with Gasteiger partial charge in [0.1, 0.15) is 5.84 Å². The summed E-state index contributed by atoms with van der Waals surface area (Å²) in [6.45, 7) is 15.1. The largest absolute Gasteiger partial charge is 0.249 e. The molecule has 0 bridgehead atoms. The van der Waals surface area contributed by atoms with Gasteiger partial charge < -0.3 is 0 Å². The summed E-state index contributed by atoms with van der Waals surface area (Å²) >= 11 is 0. The van der Waals surface area contributed by atoms with Crippen LogP contribution in [0.15, 0.2) is 22.8 Å². The summed E-state index contributed by atoms with van der Waals surface area (Å²) in [7, 11) is 0. The van der Waals surface area contributed by atoms with Crippen molar-refractivity contribution in [3.63, 3.8) is 0 Å². The van der Waals surface area contributed by atoms with Gasteiger partial charge in [-0.2, -0.15) is 0 Å². The first-order valence-corrected chi connectivity index (χ1v) is 4.41. The minimum atomic E-state index is 0.385. The summed E-state index contributed by atoms with van der Waals surface area (Å²) in [6, 6.07) is 0. The van der Waals surface area contributed by atoms with Crippen LogP contribution in [0.25, 0.3) is 0 Å². The molecule has 0 aliphatic heterocycles. The molecule has 0 radical (unpaired) electrons. The van der Waals surface area contributed by atoms with Crippen LogP contribution in [0.2, 0.25) is 0 Å². The highest BCUT2D eigenvalue weighted by molar-refractivity contribution is 5.88. The maximum absolute atomic E-state index is 3.96. The molecule has 0 N–H and O–H groups in total. The first-order valence-electron chi connectivity index (χ1n) is 4.41. The second kappa shape index (κ2) is 10.1. The molecule has 70 valence electrons. The molecular formula is C10H20N2. The molecule has 0 fully saturated rings. The van der Waals surface area contributed by atoms with Crippen molar-refractivity contribution in [3.05, 3.63) is 12.8 Å². The van der Waals surface area contributed by atoms with Crippen LogP contribution in [-0.2, 0) is 0 Å². The van der Waals surface area contributed by atoms with Crippen molar-refractivity contribution in [2.75, 3.05) is 0 Å². The number of rotatable bonds is 3. The molecule has 0 aromatic carbocycles. The molecule has 0 heterocycles. The van der Waals surface area contributed by atoms with Crippen LogP contribution in [0.3, 0.4) is 0 Å². The van der Waals surface area contributed by atoms with Crippen molar-refractivity contribution in [2.45, 2.75) is 34.1 Å². The zero-order valence-electron chi connectivity index (χ0n) is 8.67. The van der Waals surface area contributed by atoms with E-state index in [-0.39, 0.29) is 0 Å². The number of aliphatic imine (C=N–C) groups is 2. The van der Waals surface area contributed by atoms with E-state index < -0.39 is 0 Å². The van der Waals surface area contributed by atoms with Gasteiger partial charge in [0.2, 0.25) is 0 Å². The Morgan fingerprint density at radius 1 is 1.50 bits per heavy atom. The first kappa shape index (κ1) is 13.7. The fourth-order valence-corrected chi connectivity index (χ4v) is 0.600.